The van der Waals surface area contributed by atoms with E-state index in [0.29, 0.717) is 5.82 Å². The Morgan fingerprint density at radius 2 is 1.58 bits per heavy atom. The van der Waals surface area contributed by atoms with E-state index in [4.69, 9.17) is 11.5 Å². The van der Waals surface area contributed by atoms with Crippen LogP contribution in [0, 0.1) is 0 Å². The molecule has 1 saturated heterocycles. The van der Waals surface area contributed by atoms with Crippen molar-refractivity contribution in [2.24, 2.45) is 0 Å². The summed E-state index contributed by atoms with van der Waals surface area (Å²) in [5, 5.41) is 0. The highest BCUT2D eigenvalue weighted by molar-refractivity contribution is 5.62. The fraction of sp³-hybridized carbons (Fsp3) is 0.692. The zero-order valence-electron chi connectivity index (χ0n) is 12.3. The molecule has 4 N–H and O–H groups in total. The monoisotopic (exact) mass is 264 g/mol. The summed E-state index contributed by atoms with van der Waals surface area (Å²) in [6, 6.07) is 0. The molecule has 2 rings (SSSR count). The zero-order valence-corrected chi connectivity index (χ0v) is 12.3. The topological polar surface area (TPSA) is 84.3 Å². The second kappa shape index (κ2) is 4.85. The van der Waals surface area contributed by atoms with Crippen molar-refractivity contribution in [2.45, 2.75) is 26.2 Å². The second-order valence-electron chi connectivity index (χ2n) is 6.21. The van der Waals surface area contributed by atoms with Crippen LogP contribution in [0.2, 0.25) is 0 Å². The largest absolute Gasteiger partial charge is 0.383 e. The number of piperazine rings is 1. The van der Waals surface area contributed by atoms with Crippen molar-refractivity contribution in [2.75, 3.05) is 49.6 Å². The minimum atomic E-state index is -0.101. The van der Waals surface area contributed by atoms with Gasteiger partial charge in [-0.05, 0) is 12.5 Å². The van der Waals surface area contributed by atoms with Crippen molar-refractivity contribution in [1.82, 2.24) is 14.9 Å². The van der Waals surface area contributed by atoms with Gasteiger partial charge in [0.2, 0.25) is 5.95 Å². The molecule has 0 spiro atoms. The average molecular weight is 264 g/mol. The lowest BCUT2D eigenvalue weighted by atomic mass is 9.87. The van der Waals surface area contributed by atoms with Gasteiger partial charge in [-0.2, -0.15) is 9.97 Å². The van der Waals surface area contributed by atoms with Gasteiger partial charge in [-0.15, -0.1) is 0 Å². The van der Waals surface area contributed by atoms with Crippen LogP contribution in [0.5, 0.6) is 0 Å². The molecule has 0 radical (unpaired) electrons. The van der Waals surface area contributed by atoms with Crippen molar-refractivity contribution in [3.63, 3.8) is 0 Å². The van der Waals surface area contributed by atoms with Gasteiger partial charge in [0.15, 0.2) is 0 Å². The normalized spacial score (nSPS) is 17.8. The third-order valence-electron chi connectivity index (χ3n) is 3.49. The molecule has 1 fully saturated rings. The molecule has 0 atom stereocenters. The minimum Gasteiger partial charge on any atom is -0.383 e. The lowest BCUT2D eigenvalue weighted by Crippen LogP contribution is -2.45. The summed E-state index contributed by atoms with van der Waals surface area (Å²) in [6.45, 7) is 10.3. The number of nitrogens with zero attached hydrogens (tertiary/aromatic N) is 4. The number of nitrogen functional groups attached to an aromatic ring is 2. The van der Waals surface area contributed by atoms with E-state index in [1.165, 1.54) is 0 Å². The molecule has 0 saturated carbocycles. The van der Waals surface area contributed by atoms with Crippen LogP contribution in [0.3, 0.4) is 0 Å². The maximum Gasteiger partial charge on any atom is 0.223 e. The van der Waals surface area contributed by atoms with E-state index < -0.39 is 0 Å². The molecule has 0 aromatic carbocycles. The maximum absolute atomic E-state index is 6.07. The van der Waals surface area contributed by atoms with E-state index in [-0.39, 0.29) is 11.4 Å². The predicted molar refractivity (Wildman–Crippen MR) is 79.3 cm³/mol. The van der Waals surface area contributed by atoms with E-state index in [2.05, 4.69) is 47.6 Å². The molecule has 6 nitrogen and oxygen atoms in total. The summed E-state index contributed by atoms with van der Waals surface area (Å²) in [4.78, 5) is 13.1. The Bertz CT molecular complexity index is 457. The first-order valence-corrected chi connectivity index (χ1v) is 6.66. The van der Waals surface area contributed by atoms with E-state index in [0.717, 1.165) is 37.6 Å². The molecule has 0 aliphatic carbocycles. The van der Waals surface area contributed by atoms with E-state index in [1.54, 1.807) is 0 Å². The van der Waals surface area contributed by atoms with Crippen LogP contribution in [0.25, 0.3) is 0 Å². The van der Waals surface area contributed by atoms with Gasteiger partial charge in [0, 0.05) is 31.7 Å². The zero-order chi connectivity index (χ0) is 14.2. The molecule has 0 amide bonds. The quantitative estimate of drug-likeness (QED) is 0.776. The van der Waals surface area contributed by atoms with Gasteiger partial charge in [0.25, 0.3) is 0 Å². The number of nitrogens with two attached hydrogens (primary N) is 2. The molecule has 19 heavy (non-hydrogen) atoms. The number of hydrogen-bond donors (Lipinski definition) is 2. The standard InChI is InChI=1S/C13H24N6/c1-13(2,3)9-10(14)16-12(15)17-11(9)19-7-5-18(4)6-8-19/h5-8H2,1-4H3,(H4,14,15,16,17). The molecule has 0 unspecified atom stereocenters. The third-order valence-corrected chi connectivity index (χ3v) is 3.49. The Labute approximate surface area is 114 Å². The Morgan fingerprint density at radius 1 is 1.00 bits per heavy atom. The molecule has 1 aliphatic rings. The lowest BCUT2D eigenvalue weighted by Gasteiger charge is -2.36. The third kappa shape index (κ3) is 2.89. The van der Waals surface area contributed by atoms with Crippen LogP contribution in [0.15, 0.2) is 0 Å². The second-order valence-corrected chi connectivity index (χ2v) is 6.21. The van der Waals surface area contributed by atoms with E-state index in [1.807, 2.05) is 0 Å². The Morgan fingerprint density at radius 3 is 2.11 bits per heavy atom. The molecule has 0 bridgehead atoms. The Balaban J connectivity index is 2.43. The van der Waals surface area contributed by atoms with Crippen LogP contribution in [-0.2, 0) is 5.41 Å². The summed E-state index contributed by atoms with van der Waals surface area (Å²) in [7, 11) is 2.13. The summed E-state index contributed by atoms with van der Waals surface area (Å²) in [6.07, 6.45) is 0. The highest BCUT2D eigenvalue weighted by atomic mass is 15.3. The van der Waals surface area contributed by atoms with Crippen molar-refractivity contribution in [3.8, 4) is 0 Å². The van der Waals surface area contributed by atoms with Crippen LogP contribution >= 0.6 is 0 Å². The molecular formula is C13H24N6. The first kappa shape index (κ1) is 13.9. The Hall–Kier alpha value is -1.56. The van der Waals surface area contributed by atoms with Crippen LogP contribution < -0.4 is 16.4 Å². The summed E-state index contributed by atoms with van der Waals surface area (Å²) >= 11 is 0. The van der Waals surface area contributed by atoms with Crippen LogP contribution in [0.4, 0.5) is 17.6 Å². The smallest absolute Gasteiger partial charge is 0.223 e. The minimum absolute atomic E-state index is 0.101. The maximum atomic E-state index is 6.07. The SMILES string of the molecule is CN1CCN(c2nc(N)nc(N)c2C(C)(C)C)CC1. The fourth-order valence-corrected chi connectivity index (χ4v) is 2.45. The molecule has 1 aliphatic heterocycles. The van der Waals surface area contributed by atoms with Crippen molar-refractivity contribution >= 4 is 17.6 Å². The summed E-state index contributed by atoms with van der Waals surface area (Å²) in [5.41, 5.74) is 12.7. The first-order chi connectivity index (χ1) is 8.79. The van der Waals surface area contributed by atoms with E-state index in [9.17, 15) is 0 Å². The number of likely N-dealkylation sites (N-methyl/N-ethyl adjacent to an activating group) is 1. The van der Waals surface area contributed by atoms with Crippen molar-refractivity contribution < 1.29 is 0 Å². The predicted octanol–water partition coefficient (Wildman–Crippen LogP) is 0.690. The number of hydrogen-bond acceptors (Lipinski definition) is 6. The van der Waals surface area contributed by atoms with Gasteiger partial charge in [-0.25, -0.2) is 0 Å². The molecule has 106 valence electrons. The van der Waals surface area contributed by atoms with Gasteiger partial charge in [0.05, 0.1) is 0 Å². The van der Waals surface area contributed by atoms with Crippen molar-refractivity contribution in [3.05, 3.63) is 5.56 Å². The first-order valence-electron chi connectivity index (χ1n) is 6.66. The molecule has 1 aromatic heterocycles. The fourth-order valence-electron chi connectivity index (χ4n) is 2.45. The van der Waals surface area contributed by atoms with Gasteiger partial charge in [-0.3, -0.25) is 0 Å². The highest BCUT2D eigenvalue weighted by Gasteiger charge is 2.28. The summed E-state index contributed by atoms with van der Waals surface area (Å²) < 4.78 is 0. The number of rotatable bonds is 1. The molecule has 2 heterocycles. The lowest BCUT2D eigenvalue weighted by molar-refractivity contribution is 0.311. The molecular weight excluding hydrogens is 240 g/mol. The van der Waals surface area contributed by atoms with Gasteiger partial charge in [0.1, 0.15) is 11.6 Å². The van der Waals surface area contributed by atoms with Gasteiger partial charge >= 0.3 is 0 Å². The molecule has 1 aromatic rings. The average Bonchev–Trinajstić information content (AvgIpc) is 2.26. The highest BCUT2D eigenvalue weighted by Crippen LogP contribution is 2.35. The van der Waals surface area contributed by atoms with E-state index >= 15 is 0 Å². The van der Waals surface area contributed by atoms with Crippen LogP contribution in [0.1, 0.15) is 26.3 Å². The van der Waals surface area contributed by atoms with Gasteiger partial charge < -0.3 is 21.3 Å². The van der Waals surface area contributed by atoms with Crippen molar-refractivity contribution in [1.29, 1.82) is 0 Å². The Kier molecular flexibility index (Phi) is 3.54. The number of aromatic nitrogens is 2. The number of anilines is 3. The van der Waals surface area contributed by atoms with Crippen LogP contribution in [-0.4, -0.2) is 48.1 Å². The summed E-state index contributed by atoms with van der Waals surface area (Å²) in [5.74, 6) is 1.64. The molecule has 6 heteroatoms. The van der Waals surface area contributed by atoms with Gasteiger partial charge in [-0.1, -0.05) is 20.8 Å².